The van der Waals surface area contributed by atoms with Gasteiger partial charge in [-0.2, -0.15) is 0 Å². The molecule has 0 saturated heterocycles. The Morgan fingerprint density at radius 1 is 1.09 bits per heavy atom. The average molecular weight is 442 g/mol. The van der Waals surface area contributed by atoms with E-state index in [4.69, 9.17) is 4.98 Å². The van der Waals surface area contributed by atoms with Crippen LogP contribution in [0, 0.1) is 12.8 Å². The highest BCUT2D eigenvalue weighted by Crippen LogP contribution is 2.39. The van der Waals surface area contributed by atoms with Crippen molar-refractivity contribution >= 4 is 17.1 Å². The van der Waals surface area contributed by atoms with Gasteiger partial charge in [0.25, 0.3) is 5.91 Å². The van der Waals surface area contributed by atoms with Gasteiger partial charge in [0.05, 0.1) is 11.1 Å². The topological polar surface area (TPSA) is 98.5 Å². The third-order valence-electron chi connectivity index (χ3n) is 6.23. The van der Waals surface area contributed by atoms with E-state index in [9.17, 15) is 4.79 Å². The number of carbonyl (C=O) groups is 1. The van der Waals surface area contributed by atoms with Crippen LogP contribution in [0.5, 0.6) is 0 Å². The molecule has 8 nitrogen and oxygen atoms in total. The van der Waals surface area contributed by atoms with E-state index in [0.717, 1.165) is 51.4 Å². The molecule has 1 amide bonds. The molecule has 1 atom stereocenters. The number of fused-ring (bicyclic) bond motifs is 2. The molecule has 0 radical (unpaired) electrons. The summed E-state index contributed by atoms with van der Waals surface area (Å²) < 4.78 is 2.05. The van der Waals surface area contributed by atoms with Crippen molar-refractivity contribution in [1.29, 1.82) is 0 Å². The number of nitrogens with one attached hydrogen (secondary N) is 1. The highest BCUT2D eigenvalue weighted by atomic mass is 16.2. The number of imidazole rings is 1. The van der Waals surface area contributed by atoms with Gasteiger partial charge in [-0.1, -0.05) is 19.9 Å². The number of aromatic nitrogens is 6. The van der Waals surface area contributed by atoms with Crippen LogP contribution in [0.2, 0.25) is 0 Å². The second-order valence-electron chi connectivity index (χ2n) is 9.24. The molecule has 1 aliphatic rings. The summed E-state index contributed by atoms with van der Waals surface area (Å²) in [6, 6.07) is 5.92. The monoisotopic (exact) mass is 441 g/mol. The molecule has 3 aromatic heterocycles. The van der Waals surface area contributed by atoms with E-state index in [1.165, 1.54) is 0 Å². The lowest BCUT2D eigenvalue weighted by Crippen LogP contribution is -2.37. The van der Waals surface area contributed by atoms with Crippen molar-refractivity contribution in [3.63, 3.8) is 0 Å². The van der Waals surface area contributed by atoms with Crippen molar-refractivity contribution in [2.45, 2.75) is 53.1 Å². The first-order valence-electron chi connectivity index (χ1n) is 11.3. The van der Waals surface area contributed by atoms with Crippen molar-refractivity contribution in [2.24, 2.45) is 5.92 Å². The first kappa shape index (κ1) is 21.2. The van der Waals surface area contributed by atoms with Gasteiger partial charge in [-0.25, -0.2) is 24.9 Å². The first-order valence-corrected chi connectivity index (χ1v) is 11.3. The fourth-order valence-corrected chi connectivity index (χ4v) is 4.88. The van der Waals surface area contributed by atoms with Crippen LogP contribution in [0.1, 0.15) is 55.9 Å². The van der Waals surface area contributed by atoms with E-state index >= 15 is 0 Å². The minimum Gasteiger partial charge on any atom is -0.343 e. The van der Waals surface area contributed by atoms with E-state index in [0.29, 0.717) is 18.3 Å². The molecule has 1 N–H and O–H groups in total. The molecule has 4 heterocycles. The van der Waals surface area contributed by atoms with E-state index in [2.05, 4.69) is 63.6 Å². The maximum atomic E-state index is 12.6. The molecule has 0 aliphatic carbocycles. The Hall–Kier alpha value is -3.68. The second-order valence-corrected chi connectivity index (χ2v) is 9.24. The highest BCUT2D eigenvalue weighted by Gasteiger charge is 2.39. The molecule has 0 fully saturated rings. The maximum Gasteiger partial charge on any atom is 0.252 e. The molecule has 0 saturated carbocycles. The zero-order chi connectivity index (χ0) is 23.3. The molecule has 1 aliphatic heterocycles. The summed E-state index contributed by atoms with van der Waals surface area (Å²) in [5.41, 5.74) is 5.30. The predicted octanol–water partition coefficient (Wildman–Crippen LogP) is 4.28. The lowest BCUT2D eigenvalue weighted by Gasteiger charge is -2.28. The number of aryl methyl sites for hydroxylation is 2. The summed E-state index contributed by atoms with van der Waals surface area (Å²) in [5.74, 6) is 1.89. The van der Waals surface area contributed by atoms with Gasteiger partial charge >= 0.3 is 0 Å². The number of rotatable bonds is 5. The van der Waals surface area contributed by atoms with Crippen LogP contribution in [0.3, 0.4) is 0 Å². The summed E-state index contributed by atoms with van der Waals surface area (Å²) in [4.78, 5) is 35.4. The van der Waals surface area contributed by atoms with Crippen molar-refractivity contribution in [3.05, 3.63) is 53.9 Å². The normalized spacial score (nSPS) is 17.6. The molecular formula is C25H27N7O. The van der Waals surface area contributed by atoms with Crippen molar-refractivity contribution in [1.82, 2.24) is 34.8 Å². The maximum absolute atomic E-state index is 12.6. The lowest BCUT2D eigenvalue weighted by atomic mass is 9.84. The molecule has 0 spiro atoms. The number of benzene rings is 1. The number of hydrogen-bond donors (Lipinski definition) is 1. The highest BCUT2D eigenvalue weighted by molar-refractivity contribution is 6.01. The summed E-state index contributed by atoms with van der Waals surface area (Å²) in [6.45, 7) is 11.0. The standard InChI is InChI=1S/C25H27N7O/c1-6-32-22(17-11-26-15(4)27-12-17)30-21-20(28-13-29-23(21)32)16-7-8-18-19(9-16)25(5,10-14(2)3)31-24(18)33/h7-9,11-14H,6,10H2,1-5H3,(H,31,33). The molecule has 168 valence electrons. The summed E-state index contributed by atoms with van der Waals surface area (Å²) in [7, 11) is 0. The Kier molecular flexibility index (Phi) is 4.96. The van der Waals surface area contributed by atoms with Crippen molar-refractivity contribution < 1.29 is 4.79 Å². The molecule has 33 heavy (non-hydrogen) atoms. The average Bonchev–Trinajstić information content (AvgIpc) is 3.28. The van der Waals surface area contributed by atoms with Gasteiger partial charge in [-0.15, -0.1) is 0 Å². The van der Waals surface area contributed by atoms with Crippen molar-refractivity contribution in [3.8, 4) is 22.6 Å². The van der Waals surface area contributed by atoms with Gasteiger partial charge in [0.2, 0.25) is 0 Å². The van der Waals surface area contributed by atoms with Crippen LogP contribution >= 0.6 is 0 Å². The number of carbonyl (C=O) groups excluding carboxylic acids is 1. The summed E-state index contributed by atoms with van der Waals surface area (Å²) >= 11 is 0. The fourth-order valence-electron chi connectivity index (χ4n) is 4.88. The molecule has 1 unspecified atom stereocenters. The van der Waals surface area contributed by atoms with E-state index in [-0.39, 0.29) is 5.91 Å². The second kappa shape index (κ2) is 7.72. The largest absolute Gasteiger partial charge is 0.343 e. The van der Waals surface area contributed by atoms with E-state index in [1.807, 2.05) is 19.1 Å². The summed E-state index contributed by atoms with van der Waals surface area (Å²) in [6.07, 6.45) is 6.00. The van der Waals surface area contributed by atoms with Crippen molar-refractivity contribution in [2.75, 3.05) is 0 Å². The minimum absolute atomic E-state index is 0.0237. The molecule has 5 rings (SSSR count). The Labute approximate surface area is 192 Å². The third kappa shape index (κ3) is 3.46. The van der Waals surface area contributed by atoms with Crippen LogP contribution in [-0.4, -0.2) is 35.4 Å². The van der Waals surface area contributed by atoms with Gasteiger partial charge in [0.1, 0.15) is 29.2 Å². The third-order valence-corrected chi connectivity index (χ3v) is 6.23. The molecule has 0 bridgehead atoms. The van der Waals surface area contributed by atoms with Crippen LogP contribution < -0.4 is 5.32 Å². The van der Waals surface area contributed by atoms with Gasteiger partial charge in [0, 0.05) is 30.1 Å². The van der Waals surface area contributed by atoms with Crippen LogP contribution in [0.15, 0.2) is 36.9 Å². The summed E-state index contributed by atoms with van der Waals surface area (Å²) in [5, 5.41) is 3.19. The Morgan fingerprint density at radius 3 is 2.55 bits per heavy atom. The predicted molar refractivity (Wildman–Crippen MR) is 126 cm³/mol. The van der Waals surface area contributed by atoms with Crippen LogP contribution in [0.4, 0.5) is 0 Å². The smallest absolute Gasteiger partial charge is 0.252 e. The lowest BCUT2D eigenvalue weighted by molar-refractivity contribution is 0.0927. The molecular weight excluding hydrogens is 414 g/mol. The van der Waals surface area contributed by atoms with Gasteiger partial charge < -0.3 is 9.88 Å². The number of nitrogens with zero attached hydrogens (tertiary/aromatic N) is 6. The Balaban J connectivity index is 1.68. The molecule has 1 aromatic carbocycles. The Bertz CT molecular complexity index is 1370. The first-order chi connectivity index (χ1) is 15.8. The van der Waals surface area contributed by atoms with Gasteiger partial charge in [-0.05, 0) is 50.8 Å². The minimum atomic E-state index is -0.407. The number of amides is 1. The van der Waals surface area contributed by atoms with Gasteiger partial charge in [0.15, 0.2) is 5.65 Å². The fraction of sp³-hybridized carbons (Fsp3) is 0.360. The number of hydrogen-bond acceptors (Lipinski definition) is 6. The van der Waals surface area contributed by atoms with E-state index < -0.39 is 5.54 Å². The molecule has 8 heteroatoms. The zero-order valence-corrected chi connectivity index (χ0v) is 19.5. The SMILES string of the molecule is CCn1c(-c2cnc(C)nc2)nc2c(-c3ccc4c(c3)C(C)(CC(C)C)NC4=O)ncnc21. The van der Waals surface area contributed by atoms with Crippen LogP contribution in [-0.2, 0) is 12.1 Å². The molecule has 4 aromatic rings. The zero-order valence-electron chi connectivity index (χ0n) is 19.5. The quantitative estimate of drug-likeness (QED) is 0.496. The van der Waals surface area contributed by atoms with Gasteiger partial charge in [-0.3, -0.25) is 4.79 Å². The van der Waals surface area contributed by atoms with Crippen LogP contribution in [0.25, 0.3) is 33.8 Å². The van der Waals surface area contributed by atoms with E-state index in [1.54, 1.807) is 18.7 Å². The Morgan fingerprint density at radius 2 is 1.85 bits per heavy atom.